The van der Waals surface area contributed by atoms with Crippen molar-refractivity contribution in [3.8, 4) is 5.69 Å². The second kappa shape index (κ2) is 7.63. The normalized spacial score (nSPS) is 10.5. The van der Waals surface area contributed by atoms with Crippen LogP contribution in [0.3, 0.4) is 0 Å². The summed E-state index contributed by atoms with van der Waals surface area (Å²) >= 11 is 5.97. The molecule has 2 N–H and O–H groups in total. The highest BCUT2D eigenvalue weighted by Gasteiger charge is 2.19. The molecule has 0 fully saturated rings. The van der Waals surface area contributed by atoms with Crippen LogP contribution in [0.1, 0.15) is 32.1 Å². The summed E-state index contributed by atoms with van der Waals surface area (Å²) in [6, 6.07) is 14.5. The van der Waals surface area contributed by atoms with Gasteiger partial charge < -0.3 is 4.57 Å². The summed E-state index contributed by atoms with van der Waals surface area (Å²) < 4.78 is 15.8. The first-order chi connectivity index (χ1) is 12.9. The van der Waals surface area contributed by atoms with Gasteiger partial charge in [0, 0.05) is 11.4 Å². The van der Waals surface area contributed by atoms with E-state index in [9.17, 15) is 14.0 Å². The lowest BCUT2D eigenvalue weighted by atomic mass is 10.2. The standard InChI is InChI=1S/C20H17ClFN3O2/c1-12-11-15(13(2)25(12)18-10-6-5-9-17(18)22)20(27)24-23-19(26)14-7-3-4-8-16(14)21/h3-11H,1-2H3,(H,23,26)(H,24,27). The van der Waals surface area contributed by atoms with Gasteiger partial charge in [0.1, 0.15) is 5.82 Å². The second-order valence-corrected chi connectivity index (χ2v) is 6.37. The van der Waals surface area contributed by atoms with Gasteiger partial charge in [-0.1, -0.05) is 35.9 Å². The Kier molecular flexibility index (Phi) is 5.28. The van der Waals surface area contributed by atoms with Crippen LogP contribution in [0.4, 0.5) is 4.39 Å². The number of rotatable bonds is 3. The molecule has 1 aromatic heterocycles. The van der Waals surface area contributed by atoms with E-state index in [-0.39, 0.29) is 10.6 Å². The van der Waals surface area contributed by atoms with Crippen molar-refractivity contribution in [2.24, 2.45) is 0 Å². The minimum absolute atomic E-state index is 0.247. The maximum Gasteiger partial charge on any atom is 0.271 e. The van der Waals surface area contributed by atoms with Gasteiger partial charge in [-0.05, 0) is 44.2 Å². The van der Waals surface area contributed by atoms with Gasteiger partial charge in [0.25, 0.3) is 11.8 Å². The number of carbonyl (C=O) groups excluding carboxylic acids is 2. The van der Waals surface area contributed by atoms with Gasteiger partial charge in [0.2, 0.25) is 0 Å². The van der Waals surface area contributed by atoms with Gasteiger partial charge in [-0.25, -0.2) is 4.39 Å². The third-order valence-corrected chi connectivity index (χ3v) is 4.51. The Labute approximate surface area is 160 Å². The molecule has 27 heavy (non-hydrogen) atoms. The largest absolute Gasteiger partial charge is 0.315 e. The van der Waals surface area contributed by atoms with Crippen molar-refractivity contribution in [3.05, 3.63) is 88.0 Å². The number of nitrogens with zero attached hydrogens (tertiary/aromatic N) is 1. The molecule has 0 spiro atoms. The highest BCUT2D eigenvalue weighted by atomic mass is 35.5. The molecule has 3 rings (SSSR count). The molecule has 1 heterocycles. The van der Waals surface area contributed by atoms with Crippen LogP contribution in [-0.2, 0) is 0 Å². The monoisotopic (exact) mass is 385 g/mol. The third-order valence-electron chi connectivity index (χ3n) is 4.18. The van der Waals surface area contributed by atoms with Crippen LogP contribution in [0.2, 0.25) is 5.02 Å². The maximum absolute atomic E-state index is 14.1. The first kappa shape index (κ1) is 18.7. The molecular formula is C20H17ClFN3O2. The van der Waals surface area contributed by atoms with E-state index in [0.717, 1.165) is 0 Å². The average Bonchev–Trinajstić information content (AvgIpc) is 2.95. The zero-order valence-electron chi connectivity index (χ0n) is 14.7. The quantitative estimate of drug-likeness (QED) is 0.670. The van der Waals surface area contributed by atoms with E-state index in [4.69, 9.17) is 11.6 Å². The summed E-state index contributed by atoms with van der Waals surface area (Å²) in [6.07, 6.45) is 0. The second-order valence-electron chi connectivity index (χ2n) is 5.96. The topological polar surface area (TPSA) is 63.1 Å². The van der Waals surface area contributed by atoms with Gasteiger partial charge in [-0.2, -0.15) is 0 Å². The number of amides is 2. The molecule has 0 saturated carbocycles. The van der Waals surface area contributed by atoms with Crippen molar-refractivity contribution >= 4 is 23.4 Å². The number of benzene rings is 2. The third kappa shape index (κ3) is 3.71. The summed E-state index contributed by atoms with van der Waals surface area (Å²) in [6.45, 7) is 3.49. The number of hydrogen-bond donors (Lipinski definition) is 2. The zero-order valence-corrected chi connectivity index (χ0v) is 15.5. The Morgan fingerprint density at radius 3 is 2.19 bits per heavy atom. The molecule has 0 atom stereocenters. The van der Waals surface area contributed by atoms with Crippen LogP contribution < -0.4 is 10.9 Å². The predicted octanol–water partition coefficient (Wildman–Crippen LogP) is 3.96. The summed E-state index contributed by atoms with van der Waals surface area (Å²) in [5, 5.41) is 0.280. The van der Waals surface area contributed by atoms with Crippen molar-refractivity contribution < 1.29 is 14.0 Å². The van der Waals surface area contributed by atoms with E-state index in [1.54, 1.807) is 66.9 Å². The Morgan fingerprint density at radius 2 is 1.52 bits per heavy atom. The Balaban J connectivity index is 1.80. The molecule has 0 radical (unpaired) electrons. The molecule has 5 nitrogen and oxygen atoms in total. The lowest BCUT2D eigenvalue weighted by Crippen LogP contribution is -2.41. The molecule has 2 aromatic carbocycles. The molecule has 0 aliphatic carbocycles. The summed E-state index contributed by atoms with van der Waals surface area (Å²) in [7, 11) is 0. The first-order valence-corrected chi connectivity index (χ1v) is 8.57. The van der Waals surface area contributed by atoms with Gasteiger partial charge >= 0.3 is 0 Å². The lowest BCUT2D eigenvalue weighted by Gasteiger charge is -2.11. The van der Waals surface area contributed by atoms with Gasteiger partial charge in [-0.3, -0.25) is 20.4 Å². The number of aromatic nitrogens is 1. The molecule has 3 aromatic rings. The molecule has 0 aliphatic heterocycles. The van der Waals surface area contributed by atoms with Crippen molar-refractivity contribution in [2.75, 3.05) is 0 Å². The van der Waals surface area contributed by atoms with Crippen LogP contribution in [0.5, 0.6) is 0 Å². The van der Waals surface area contributed by atoms with Crippen LogP contribution in [0.25, 0.3) is 5.69 Å². The summed E-state index contributed by atoms with van der Waals surface area (Å²) in [5.74, 6) is -1.43. The van der Waals surface area contributed by atoms with Crippen molar-refractivity contribution in [1.29, 1.82) is 0 Å². The number of aryl methyl sites for hydroxylation is 1. The molecule has 0 saturated heterocycles. The Hall–Kier alpha value is -3.12. The van der Waals surface area contributed by atoms with E-state index < -0.39 is 17.6 Å². The summed E-state index contributed by atoms with van der Waals surface area (Å²) in [5.41, 5.74) is 6.89. The van der Waals surface area contributed by atoms with Crippen molar-refractivity contribution in [2.45, 2.75) is 13.8 Å². The fraction of sp³-hybridized carbons (Fsp3) is 0.100. The number of carbonyl (C=O) groups is 2. The van der Waals surface area contributed by atoms with E-state index in [0.29, 0.717) is 22.6 Å². The number of para-hydroxylation sites is 1. The van der Waals surface area contributed by atoms with Gasteiger partial charge in [0.05, 0.1) is 21.8 Å². The Bertz CT molecular complexity index is 1030. The summed E-state index contributed by atoms with van der Waals surface area (Å²) in [4.78, 5) is 24.7. The zero-order chi connectivity index (χ0) is 19.6. The fourth-order valence-corrected chi connectivity index (χ4v) is 3.11. The number of hydrogen-bond acceptors (Lipinski definition) is 2. The SMILES string of the molecule is Cc1cc(C(=O)NNC(=O)c2ccccc2Cl)c(C)n1-c1ccccc1F. The average molecular weight is 386 g/mol. The number of nitrogens with one attached hydrogen (secondary N) is 2. The molecule has 7 heteroatoms. The molecule has 138 valence electrons. The van der Waals surface area contributed by atoms with Gasteiger partial charge in [-0.15, -0.1) is 0 Å². The van der Waals surface area contributed by atoms with Crippen LogP contribution in [0, 0.1) is 19.7 Å². The van der Waals surface area contributed by atoms with E-state index in [1.807, 2.05) is 0 Å². The van der Waals surface area contributed by atoms with E-state index in [1.165, 1.54) is 6.07 Å². The lowest BCUT2D eigenvalue weighted by molar-refractivity contribution is 0.0846. The maximum atomic E-state index is 14.1. The van der Waals surface area contributed by atoms with Crippen LogP contribution in [-0.4, -0.2) is 16.4 Å². The predicted molar refractivity (Wildman–Crippen MR) is 102 cm³/mol. The molecular weight excluding hydrogens is 369 g/mol. The Morgan fingerprint density at radius 1 is 0.926 bits per heavy atom. The van der Waals surface area contributed by atoms with Crippen molar-refractivity contribution in [3.63, 3.8) is 0 Å². The van der Waals surface area contributed by atoms with Crippen molar-refractivity contribution in [1.82, 2.24) is 15.4 Å². The minimum atomic E-state index is -0.531. The number of hydrazine groups is 1. The smallest absolute Gasteiger partial charge is 0.271 e. The van der Waals surface area contributed by atoms with E-state index >= 15 is 0 Å². The molecule has 2 amide bonds. The molecule has 0 bridgehead atoms. The number of halogens is 2. The van der Waals surface area contributed by atoms with Crippen LogP contribution in [0.15, 0.2) is 54.6 Å². The van der Waals surface area contributed by atoms with Crippen LogP contribution >= 0.6 is 11.6 Å². The minimum Gasteiger partial charge on any atom is -0.315 e. The molecule has 0 aliphatic rings. The van der Waals surface area contributed by atoms with Gasteiger partial charge in [0.15, 0.2) is 0 Å². The highest BCUT2D eigenvalue weighted by molar-refractivity contribution is 6.33. The fourth-order valence-electron chi connectivity index (χ4n) is 2.89. The first-order valence-electron chi connectivity index (χ1n) is 8.19. The highest BCUT2D eigenvalue weighted by Crippen LogP contribution is 2.22. The molecule has 0 unspecified atom stereocenters. The van der Waals surface area contributed by atoms with E-state index in [2.05, 4.69) is 10.9 Å².